The van der Waals surface area contributed by atoms with Crippen LogP contribution in [0.25, 0.3) is 0 Å². The number of Topliss-reactive ketones (excluding diaryl/α,β-unsaturated/α-hetero) is 1. The van der Waals surface area contributed by atoms with Crippen molar-refractivity contribution >= 4 is 5.78 Å². The highest BCUT2D eigenvalue weighted by molar-refractivity contribution is 6.02. The third-order valence-electron chi connectivity index (χ3n) is 7.69. The number of ether oxygens (including phenoxy) is 1. The lowest BCUT2D eigenvalue weighted by Gasteiger charge is -2.29. The molecule has 0 amide bonds. The summed E-state index contributed by atoms with van der Waals surface area (Å²) in [6.45, 7) is 9.66. The number of allylic oxidation sites excluding steroid dienone is 1. The average Bonchev–Trinajstić information content (AvgIpc) is 3.26. The van der Waals surface area contributed by atoms with E-state index in [1.807, 2.05) is 13.0 Å². The van der Waals surface area contributed by atoms with Crippen LogP contribution in [0.3, 0.4) is 0 Å². The van der Waals surface area contributed by atoms with Crippen LogP contribution in [-0.4, -0.2) is 50.1 Å². The number of aliphatic hydroxyl groups excluding tert-OH is 1. The molecule has 140 valence electrons. The van der Waals surface area contributed by atoms with Crippen molar-refractivity contribution in [1.29, 1.82) is 0 Å². The summed E-state index contributed by atoms with van der Waals surface area (Å²) in [4.78, 5) is 13.2. The van der Waals surface area contributed by atoms with Gasteiger partial charge in [0.1, 0.15) is 5.60 Å². The average molecular weight is 350 g/mol. The predicted molar refractivity (Wildman–Crippen MR) is 91.7 cm³/mol. The second kappa shape index (κ2) is 4.75. The van der Waals surface area contributed by atoms with Gasteiger partial charge in [-0.25, -0.2) is 0 Å². The standard InChI is InChI=1S/C20H30O5/c1-10-8-12-11(17(12,2)3)6-7-19(5)16(25-19)13-15(22)18(4,23)9-20(13,24)14(10)21/h8,11-13,15-16,22-24H,6-7,9H2,1-5H3/b10-8+/t11-,12+,13+,15+,16-,18+,19-,20+/m0/s1. The van der Waals surface area contributed by atoms with Gasteiger partial charge in [-0.15, -0.1) is 0 Å². The summed E-state index contributed by atoms with van der Waals surface area (Å²) < 4.78 is 5.94. The van der Waals surface area contributed by atoms with Crippen LogP contribution in [0.1, 0.15) is 53.9 Å². The molecule has 0 radical (unpaired) electrons. The van der Waals surface area contributed by atoms with Crippen LogP contribution in [0.4, 0.5) is 0 Å². The van der Waals surface area contributed by atoms with Gasteiger partial charge >= 0.3 is 0 Å². The molecule has 1 aliphatic heterocycles. The minimum absolute atomic E-state index is 0.157. The Morgan fingerprint density at radius 3 is 2.48 bits per heavy atom. The largest absolute Gasteiger partial charge is 0.390 e. The fourth-order valence-electron chi connectivity index (χ4n) is 5.77. The van der Waals surface area contributed by atoms with Crippen molar-refractivity contribution in [1.82, 2.24) is 0 Å². The van der Waals surface area contributed by atoms with Crippen LogP contribution in [-0.2, 0) is 9.53 Å². The Bertz CT molecular complexity index is 665. The molecule has 0 aromatic rings. The Morgan fingerprint density at radius 1 is 1.20 bits per heavy atom. The number of ketones is 1. The molecule has 1 saturated heterocycles. The SMILES string of the molecule is C/C1=C\[C@@H]2[C@H](CC[C@]3(C)O[C@H]3[C@H]3[C@@H](O)[C@](C)(O)C[C@]3(O)C1=O)C2(C)C. The summed E-state index contributed by atoms with van der Waals surface area (Å²) in [5.74, 6) is -0.344. The van der Waals surface area contributed by atoms with E-state index < -0.39 is 34.9 Å². The highest BCUT2D eigenvalue weighted by Crippen LogP contribution is 2.64. The molecule has 25 heavy (non-hydrogen) atoms. The summed E-state index contributed by atoms with van der Waals surface area (Å²) in [5.41, 5.74) is -3.05. The molecule has 0 aromatic carbocycles. The van der Waals surface area contributed by atoms with E-state index in [1.165, 1.54) is 6.92 Å². The summed E-state index contributed by atoms with van der Waals surface area (Å²) in [5, 5.41) is 32.6. The number of hydrogen-bond donors (Lipinski definition) is 3. The van der Waals surface area contributed by atoms with Gasteiger partial charge in [0.15, 0.2) is 5.78 Å². The van der Waals surface area contributed by atoms with E-state index in [9.17, 15) is 20.1 Å². The van der Waals surface area contributed by atoms with Gasteiger partial charge in [-0.3, -0.25) is 4.79 Å². The summed E-state index contributed by atoms with van der Waals surface area (Å²) in [6.07, 6.45) is 2.08. The van der Waals surface area contributed by atoms with E-state index in [0.29, 0.717) is 17.4 Å². The Labute approximate surface area is 149 Å². The second-order valence-corrected chi connectivity index (χ2v) is 9.95. The first-order chi connectivity index (χ1) is 11.3. The minimum atomic E-state index is -1.79. The van der Waals surface area contributed by atoms with Gasteiger partial charge in [-0.2, -0.15) is 0 Å². The Kier molecular flexibility index (Phi) is 3.35. The molecule has 2 saturated carbocycles. The molecule has 5 heteroatoms. The molecule has 4 rings (SSSR count). The van der Waals surface area contributed by atoms with Crippen molar-refractivity contribution in [3.8, 4) is 0 Å². The minimum Gasteiger partial charge on any atom is -0.390 e. The van der Waals surface area contributed by atoms with Gasteiger partial charge < -0.3 is 20.1 Å². The topological polar surface area (TPSA) is 90.3 Å². The fraction of sp³-hybridized carbons (Fsp3) is 0.850. The lowest BCUT2D eigenvalue weighted by atomic mass is 9.77. The first kappa shape index (κ1) is 17.7. The Morgan fingerprint density at radius 2 is 1.84 bits per heavy atom. The normalized spacial score (nSPS) is 59.0. The first-order valence-corrected chi connectivity index (χ1v) is 9.38. The first-order valence-electron chi connectivity index (χ1n) is 9.38. The Balaban J connectivity index is 1.78. The van der Waals surface area contributed by atoms with Crippen LogP contribution in [0, 0.1) is 23.2 Å². The zero-order valence-corrected chi connectivity index (χ0v) is 15.7. The van der Waals surface area contributed by atoms with Crippen LogP contribution >= 0.6 is 0 Å². The zero-order chi connectivity index (χ0) is 18.6. The maximum Gasteiger partial charge on any atom is 0.190 e. The number of carbonyl (C=O) groups is 1. The van der Waals surface area contributed by atoms with Crippen molar-refractivity contribution in [2.45, 2.75) is 82.9 Å². The van der Waals surface area contributed by atoms with Crippen molar-refractivity contribution in [2.75, 3.05) is 0 Å². The monoisotopic (exact) mass is 350 g/mol. The van der Waals surface area contributed by atoms with E-state index in [4.69, 9.17) is 4.74 Å². The number of fused-ring (bicyclic) bond motifs is 4. The van der Waals surface area contributed by atoms with Gasteiger partial charge in [0.2, 0.25) is 0 Å². The maximum atomic E-state index is 13.2. The molecular weight excluding hydrogens is 320 g/mol. The summed E-state index contributed by atoms with van der Waals surface area (Å²) >= 11 is 0. The molecule has 3 fully saturated rings. The highest BCUT2D eigenvalue weighted by Gasteiger charge is 2.72. The van der Waals surface area contributed by atoms with Crippen LogP contribution in [0.2, 0.25) is 0 Å². The smallest absolute Gasteiger partial charge is 0.190 e. The molecule has 4 aliphatic rings. The van der Waals surface area contributed by atoms with Gasteiger partial charge in [-0.1, -0.05) is 19.9 Å². The maximum absolute atomic E-state index is 13.2. The zero-order valence-electron chi connectivity index (χ0n) is 15.7. The molecule has 5 nitrogen and oxygen atoms in total. The highest BCUT2D eigenvalue weighted by atomic mass is 16.6. The second-order valence-electron chi connectivity index (χ2n) is 9.95. The van der Waals surface area contributed by atoms with Crippen molar-refractivity contribution in [3.05, 3.63) is 11.6 Å². The lowest BCUT2D eigenvalue weighted by molar-refractivity contribution is -0.140. The molecule has 3 aliphatic carbocycles. The molecule has 0 spiro atoms. The van der Waals surface area contributed by atoms with Crippen molar-refractivity contribution < 1.29 is 24.9 Å². The number of epoxide rings is 1. The molecule has 0 bridgehead atoms. The van der Waals surface area contributed by atoms with E-state index in [-0.39, 0.29) is 17.6 Å². The van der Waals surface area contributed by atoms with Gasteiger partial charge in [0.05, 0.1) is 29.3 Å². The molecule has 0 aromatic heterocycles. The number of aliphatic hydroxyl groups is 3. The molecule has 3 N–H and O–H groups in total. The predicted octanol–water partition coefficient (Wildman–Crippen LogP) is 1.59. The quantitative estimate of drug-likeness (QED) is 0.577. The van der Waals surface area contributed by atoms with E-state index in [0.717, 1.165) is 12.8 Å². The number of hydrogen-bond acceptors (Lipinski definition) is 5. The molecule has 1 heterocycles. The van der Waals surface area contributed by atoms with Gasteiger partial charge in [0.25, 0.3) is 0 Å². The van der Waals surface area contributed by atoms with E-state index >= 15 is 0 Å². The fourth-order valence-corrected chi connectivity index (χ4v) is 5.77. The molecule has 8 atom stereocenters. The van der Waals surface area contributed by atoms with Crippen molar-refractivity contribution in [3.63, 3.8) is 0 Å². The third-order valence-corrected chi connectivity index (χ3v) is 7.69. The van der Waals surface area contributed by atoms with Crippen LogP contribution in [0.5, 0.6) is 0 Å². The summed E-state index contributed by atoms with van der Waals surface area (Å²) in [7, 11) is 0. The van der Waals surface area contributed by atoms with Gasteiger partial charge in [-0.05, 0) is 56.4 Å². The summed E-state index contributed by atoms with van der Waals surface area (Å²) in [6, 6.07) is 0. The Hall–Kier alpha value is -0.750. The lowest BCUT2D eigenvalue weighted by Crippen LogP contribution is -2.49. The van der Waals surface area contributed by atoms with Crippen molar-refractivity contribution in [2.24, 2.45) is 23.2 Å². The van der Waals surface area contributed by atoms with E-state index in [2.05, 4.69) is 13.8 Å². The number of rotatable bonds is 0. The third kappa shape index (κ3) is 2.25. The van der Waals surface area contributed by atoms with Gasteiger partial charge in [0, 0.05) is 6.42 Å². The van der Waals surface area contributed by atoms with Crippen LogP contribution in [0.15, 0.2) is 11.6 Å². The van der Waals surface area contributed by atoms with E-state index in [1.54, 1.807) is 6.92 Å². The number of carbonyl (C=O) groups excluding carboxylic acids is 1. The molecule has 0 unspecified atom stereocenters. The van der Waals surface area contributed by atoms with Crippen LogP contribution < -0.4 is 0 Å². The molecular formula is C20H30O5.